The van der Waals surface area contributed by atoms with Crippen LogP contribution in [-0.2, 0) is 0 Å². The molecule has 2 N–H and O–H groups in total. The normalized spacial score (nSPS) is 14.1. The predicted molar refractivity (Wildman–Crippen MR) is 120 cm³/mol. The van der Waals surface area contributed by atoms with Crippen LogP contribution < -0.4 is 10.6 Å². The van der Waals surface area contributed by atoms with Gasteiger partial charge in [-0.25, -0.2) is 0 Å². The molecule has 2 aromatic rings. The second-order valence-electron chi connectivity index (χ2n) is 7.43. The zero-order valence-corrected chi connectivity index (χ0v) is 17.9. The van der Waals surface area contributed by atoms with Crippen LogP contribution in [0.2, 0.25) is 5.02 Å². The maximum atomic E-state index is 12.6. The summed E-state index contributed by atoms with van der Waals surface area (Å²) in [6.07, 6.45) is 4.62. The van der Waals surface area contributed by atoms with Crippen LogP contribution in [0.5, 0.6) is 0 Å². The number of amides is 2. The highest BCUT2D eigenvalue weighted by molar-refractivity contribution is 6.34. The molecule has 2 amide bonds. The first-order chi connectivity index (χ1) is 15.0. The SMILES string of the molecule is O=C(Nc1ccccc1C(=O)NCCCN1CCCCC1)c1ccc([N+](=O)[O-])cc1Cl. The molecule has 0 bridgehead atoms. The van der Waals surface area contributed by atoms with Crippen LogP contribution in [-0.4, -0.2) is 47.8 Å². The molecule has 3 rings (SSSR count). The van der Waals surface area contributed by atoms with Gasteiger partial charge in [-0.1, -0.05) is 30.2 Å². The first-order valence-electron chi connectivity index (χ1n) is 10.3. The average Bonchev–Trinajstić information content (AvgIpc) is 2.77. The van der Waals surface area contributed by atoms with Crippen molar-refractivity contribution in [2.75, 3.05) is 31.5 Å². The number of hydrogen-bond acceptors (Lipinski definition) is 5. The lowest BCUT2D eigenvalue weighted by Gasteiger charge is -2.26. The van der Waals surface area contributed by atoms with Crippen LogP contribution in [0.15, 0.2) is 42.5 Å². The van der Waals surface area contributed by atoms with Crippen LogP contribution in [0.25, 0.3) is 0 Å². The number of halogens is 1. The molecule has 0 saturated carbocycles. The molecule has 9 heteroatoms. The van der Waals surface area contributed by atoms with Crippen molar-refractivity contribution in [1.29, 1.82) is 0 Å². The second-order valence-corrected chi connectivity index (χ2v) is 7.84. The van der Waals surface area contributed by atoms with Crippen molar-refractivity contribution in [3.05, 3.63) is 68.7 Å². The summed E-state index contributed by atoms with van der Waals surface area (Å²) in [7, 11) is 0. The van der Waals surface area contributed by atoms with E-state index in [0.717, 1.165) is 32.1 Å². The number of carbonyl (C=O) groups excluding carboxylic acids is 2. The van der Waals surface area contributed by atoms with Gasteiger partial charge in [-0.15, -0.1) is 0 Å². The fourth-order valence-corrected chi connectivity index (χ4v) is 3.82. The molecule has 0 aromatic heterocycles. The number of hydrogen-bond donors (Lipinski definition) is 2. The molecule has 0 radical (unpaired) electrons. The summed E-state index contributed by atoms with van der Waals surface area (Å²) in [4.78, 5) is 37.9. The van der Waals surface area contributed by atoms with Crippen molar-refractivity contribution in [3.8, 4) is 0 Å². The van der Waals surface area contributed by atoms with E-state index in [-0.39, 0.29) is 22.2 Å². The zero-order chi connectivity index (χ0) is 22.2. The number of nitro benzene ring substituents is 1. The van der Waals surface area contributed by atoms with Crippen LogP contribution >= 0.6 is 11.6 Å². The molecule has 164 valence electrons. The number of anilines is 1. The van der Waals surface area contributed by atoms with Crippen molar-refractivity contribution < 1.29 is 14.5 Å². The van der Waals surface area contributed by atoms with E-state index in [0.29, 0.717) is 17.8 Å². The molecular formula is C22H25ClN4O4. The van der Waals surface area contributed by atoms with Crippen molar-refractivity contribution in [2.24, 2.45) is 0 Å². The van der Waals surface area contributed by atoms with Crippen molar-refractivity contribution in [2.45, 2.75) is 25.7 Å². The van der Waals surface area contributed by atoms with Gasteiger partial charge < -0.3 is 15.5 Å². The number of likely N-dealkylation sites (tertiary alicyclic amines) is 1. The molecule has 1 aliphatic heterocycles. The summed E-state index contributed by atoms with van der Waals surface area (Å²) in [6.45, 7) is 3.74. The van der Waals surface area contributed by atoms with E-state index < -0.39 is 10.8 Å². The van der Waals surface area contributed by atoms with Crippen LogP contribution in [0, 0.1) is 10.1 Å². The lowest BCUT2D eigenvalue weighted by atomic mass is 10.1. The Bertz CT molecular complexity index is 960. The van der Waals surface area contributed by atoms with Gasteiger partial charge in [0.25, 0.3) is 17.5 Å². The van der Waals surface area contributed by atoms with Crippen LogP contribution in [0.3, 0.4) is 0 Å². The maximum Gasteiger partial charge on any atom is 0.270 e. The standard InChI is InChI=1S/C22H25ClN4O4/c23-19-15-16(27(30)31)9-10-17(19)22(29)25-20-8-3-2-7-18(20)21(28)24-11-6-14-26-12-4-1-5-13-26/h2-3,7-10,15H,1,4-6,11-14H2,(H,24,28)(H,25,29). The van der Waals surface area contributed by atoms with E-state index >= 15 is 0 Å². The molecule has 31 heavy (non-hydrogen) atoms. The van der Waals surface area contributed by atoms with Gasteiger partial charge in [0.05, 0.1) is 26.8 Å². The summed E-state index contributed by atoms with van der Waals surface area (Å²) in [5.41, 5.74) is 0.567. The van der Waals surface area contributed by atoms with Gasteiger partial charge in [-0.3, -0.25) is 19.7 Å². The number of benzene rings is 2. The molecule has 2 aromatic carbocycles. The second kappa shape index (κ2) is 10.9. The number of nitrogens with zero attached hydrogens (tertiary/aromatic N) is 2. The Labute approximate surface area is 185 Å². The van der Waals surface area contributed by atoms with Gasteiger partial charge in [-0.2, -0.15) is 0 Å². The van der Waals surface area contributed by atoms with E-state index in [4.69, 9.17) is 11.6 Å². The Morgan fingerprint density at radius 2 is 1.77 bits per heavy atom. The van der Waals surface area contributed by atoms with Gasteiger partial charge in [0.15, 0.2) is 0 Å². The number of nitrogens with one attached hydrogen (secondary N) is 2. The minimum absolute atomic E-state index is 0.0358. The molecule has 1 aliphatic rings. The third-order valence-corrected chi connectivity index (χ3v) is 5.53. The van der Waals surface area contributed by atoms with Crippen molar-refractivity contribution in [3.63, 3.8) is 0 Å². The highest BCUT2D eigenvalue weighted by Crippen LogP contribution is 2.24. The summed E-state index contributed by atoms with van der Waals surface area (Å²) >= 11 is 6.04. The van der Waals surface area contributed by atoms with Gasteiger partial charge in [0, 0.05) is 18.7 Å². The summed E-state index contributed by atoms with van der Waals surface area (Å²) < 4.78 is 0. The highest BCUT2D eigenvalue weighted by Gasteiger charge is 2.18. The van der Waals surface area contributed by atoms with Crippen LogP contribution in [0.4, 0.5) is 11.4 Å². The lowest BCUT2D eigenvalue weighted by molar-refractivity contribution is -0.384. The van der Waals surface area contributed by atoms with Crippen LogP contribution in [0.1, 0.15) is 46.4 Å². The molecule has 0 aliphatic carbocycles. The topological polar surface area (TPSA) is 105 Å². The summed E-state index contributed by atoms with van der Waals surface area (Å²) in [5.74, 6) is -0.824. The zero-order valence-electron chi connectivity index (χ0n) is 17.1. The van der Waals surface area contributed by atoms with E-state index in [9.17, 15) is 19.7 Å². The largest absolute Gasteiger partial charge is 0.352 e. The number of carbonyl (C=O) groups is 2. The number of rotatable bonds is 8. The molecular weight excluding hydrogens is 420 g/mol. The van der Waals surface area contributed by atoms with Gasteiger partial charge in [0.1, 0.15) is 0 Å². The number of nitro groups is 1. The third-order valence-electron chi connectivity index (χ3n) is 5.21. The molecule has 1 saturated heterocycles. The fraction of sp³-hybridized carbons (Fsp3) is 0.364. The molecule has 0 unspecified atom stereocenters. The molecule has 8 nitrogen and oxygen atoms in total. The minimum atomic E-state index is -0.585. The number of piperidine rings is 1. The first kappa shape index (κ1) is 22.7. The fourth-order valence-electron chi connectivity index (χ4n) is 3.56. The first-order valence-corrected chi connectivity index (χ1v) is 10.7. The Morgan fingerprint density at radius 1 is 1.03 bits per heavy atom. The van der Waals surface area contributed by atoms with E-state index in [2.05, 4.69) is 15.5 Å². The third kappa shape index (κ3) is 6.26. The maximum absolute atomic E-state index is 12.6. The summed E-state index contributed by atoms with van der Waals surface area (Å²) in [5, 5.41) is 16.4. The Balaban J connectivity index is 1.59. The highest BCUT2D eigenvalue weighted by atomic mass is 35.5. The average molecular weight is 445 g/mol. The Hall–Kier alpha value is -2.97. The monoisotopic (exact) mass is 444 g/mol. The van der Waals surface area contributed by atoms with Gasteiger partial charge in [-0.05, 0) is 57.1 Å². The van der Waals surface area contributed by atoms with E-state index in [1.807, 2.05) is 0 Å². The van der Waals surface area contributed by atoms with E-state index in [1.165, 1.54) is 31.4 Å². The lowest BCUT2D eigenvalue weighted by Crippen LogP contribution is -2.33. The number of non-ortho nitro benzene ring substituents is 1. The van der Waals surface area contributed by atoms with E-state index in [1.54, 1.807) is 24.3 Å². The molecule has 1 heterocycles. The van der Waals surface area contributed by atoms with Crippen molar-refractivity contribution >= 4 is 34.8 Å². The predicted octanol–water partition coefficient (Wildman–Crippen LogP) is 4.11. The van der Waals surface area contributed by atoms with Gasteiger partial charge in [0.2, 0.25) is 0 Å². The van der Waals surface area contributed by atoms with Crippen molar-refractivity contribution in [1.82, 2.24) is 10.2 Å². The smallest absolute Gasteiger partial charge is 0.270 e. The Morgan fingerprint density at radius 3 is 2.48 bits per heavy atom. The summed E-state index contributed by atoms with van der Waals surface area (Å²) in [6, 6.07) is 10.3. The Kier molecular flexibility index (Phi) is 7.97. The van der Waals surface area contributed by atoms with Gasteiger partial charge >= 0.3 is 0 Å². The molecule has 1 fully saturated rings. The number of para-hydroxylation sites is 1. The molecule has 0 spiro atoms. The minimum Gasteiger partial charge on any atom is -0.352 e. The molecule has 0 atom stereocenters. The quantitative estimate of drug-likeness (QED) is 0.362.